The first-order valence-electron chi connectivity index (χ1n) is 8.50. The highest BCUT2D eigenvalue weighted by Crippen LogP contribution is 2.32. The summed E-state index contributed by atoms with van der Waals surface area (Å²) in [4.78, 5) is 26.9. The summed E-state index contributed by atoms with van der Waals surface area (Å²) in [5, 5.41) is 21.2. The lowest BCUT2D eigenvalue weighted by molar-refractivity contribution is -0.137. The second-order valence-corrected chi connectivity index (χ2v) is 6.51. The van der Waals surface area contributed by atoms with Crippen LogP contribution in [0.15, 0.2) is 36.4 Å². The summed E-state index contributed by atoms with van der Waals surface area (Å²) < 4.78 is 39.3. The van der Waals surface area contributed by atoms with Crippen molar-refractivity contribution < 1.29 is 33.0 Å². The minimum atomic E-state index is -4.73. The van der Waals surface area contributed by atoms with Gasteiger partial charge in [0.05, 0.1) is 17.9 Å². The van der Waals surface area contributed by atoms with Crippen LogP contribution in [0.4, 0.5) is 13.2 Å². The molecule has 1 atom stereocenters. The van der Waals surface area contributed by atoms with Gasteiger partial charge >= 0.3 is 12.1 Å². The molecule has 2 aromatic rings. The number of halogens is 3. The Morgan fingerprint density at radius 2 is 2.03 bits per heavy atom. The molecule has 3 rings (SSSR count). The number of aromatic nitrogens is 1. The van der Waals surface area contributed by atoms with Gasteiger partial charge in [0.1, 0.15) is 11.1 Å². The Kier molecular flexibility index (Phi) is 5.31. The highest BCUT2D eigenvalue weighted by atomic mass is 19.4. The first-order valence-corrected chi connectivity index (χ1v) is 8.50. The van der Waals surface area contributed by atoms with Crippen molar-refractivity contribution in [3.63, 3.8) is 0 Å². The second-order valence-electron chi connectivity index (χ2n) is 6.51. The van der Waals surface area contributed by atoms with E-state index < -0.39 is 35.4 Å². The Balaban J connectivity index is 2.03. The van der Waals surface area contributed by atoms with E-state index in [0.29, 0.717) is 24.6 Å². The predicted molar refractivity (Wildman–Crippen MR) is 95.7 cm³/mol. The molecule has 150 valence electrons. The van der Waals surface area contributed by atoms with Gasteiger partial charge in [-0.3, -0.25) is 4.79 Å². The molecule has 3 N–H and O–H groups in total. The number of amides is 1. The van der Waals surface area contributed by atoms with Crippen LogP contribution in [-0.4, -0.2) is 40.2 Å². The topological polar surface area (TPSA) is 99.5 Å². The third-order valence-electron chi connectivity index (χ3n) is 4.52. The van der Waals surface area contributed by atoms with Crippen LogP contribution in [0, 0.1) is 17.3 Å². The van der Waals surface area contributed by atoms with Crippen molar-refractivity contribution in [3.05, 3.63) is 53.2 Å². The van der Waals surface area contributed by atoms with Gasteiger partial charge < -0.3 is 15.5 Å². The Morgan fingerprint density at radius 1 is 1.28 bits per heavy atom. The Morgan fingerprint density at radius 3 is 2.62 bits per heavy atom. The van der Waals surface area contributed by atoms with Gasteiger partial charge in [-0.05, 0) is 30.7 Å². The first-order chi connectivity index (χ1) is 13.6. The predicted octanol–water partition coefficient (Wildman–Crippen LogP) is 2.32. The molecule has 1 aliphatic rings. The number of hydrogen-bond donors (Lipinski definition) is 3. The van der Waals surface area contributed by atoms with Crippen molar-refractivity contribution >= 4 is 11.9 Å². The van der Waals surface area contributed by atoms with Crippen LogP contribution < -0.4 is 5.32 Å². The zero-order valence-electron chi connectivity index (χ0n) is 14.9. The largest absolute Gasteiger partial charge is 0.477 e. The number of pyridine rings is 1. The maximum Gasteiger partial charge on any atom is 0.416 e. The standard InChI is InChI=1S/C20H15F3N2O4/c21-20(22,23)14-9-15(25-16(10-14)17(27)28)13-3-1-2-12(8-13)4-5-19(11-26)6-7-24-18(19)29/h1-3,8-10,26H,6-7,11H2,(H,24,29)(H,27,28). The van der Waals surface area contributed by atoms with Crippen molar-refractivity contribution in [1.29, 1.82) is 0 Å². The van der Waals surface area contributed by atoms with E-state index in [0.717, 1.165) is 6.07 Å². The monoisotopic (exact) mass is 404 g/mol. The fourth-order valence-corrected chi connectivity index (χ4v) is 2.88. The number of carbonyl (C=O) groups excluding carboxylic acids is 1. The molecule has 1 aromatic carbocycles. The molecule has 0 bridgehead atoms. The third-order valence-corrected chi connectivity index (χ3v) is 4.52. The van der Waals surface area contributed by atoms with E-state index in [1.54, 1.807) is 6.07 Å². The number of nitrogens with zero attached hydrogens (tertiary/aromatic N) is 1. The van der Waals surface area contributed by atoms with E-state index in [9.17, 15) is 27.9 Å². The van der Waals surface area contributed by atoms with E-state index in [-0.39, 0.29) is 17.2 Å². The molecule has 0 spiro atoms. The molecular weight excluding hydrogens is 389 g/mol. The summed E-state index contributed by atoms with van der Waals surface area (Å²) in [7, 11) is 0. The number of carbonyl (C=O) groups is 2. The fraction of sp³-hybridized carbons (Fsp3) is 0.250. The highest BCUT2D eigenvalue weighted by Gasteiger charge is 2.40. The number of aliphatic hydroxyl groups excluding tert-OH is 1. The lowest BCUT2D eigenvalue weighted by Gasteiger charge is -2.15. The van der Waals surface area contributed by atoms with Crippen LogP contribution in [0.1, 0.15) is 28.0 Å². The molecule has 1 saturated heterocycles. The average Bonchev–Trinajstić information content (AvgIpc) is 3.06. The zero-order valence-corrected chi connectivity index (χ0v) is 14.9. The molecule has 1 aliphatic heterocycles. The number of carboxylic acid groups (broad SMARTS) is 1. The molecule has 1 unspecified atom stereocenters. The minimum absolute atomic E-state index is 0.170. The number of hydrogen-bond acceptors (Lipinski definition) is 4. The molecule has 6 nitrogen and oxygen atoms in total. The number of nitrogens with one attached hydrogen (secondary N) is 1. The van der Waals surface area contributed by atoms with Gasteiger partial charge in [0.25, 0.3) is 0 Å². The van der Waals surface area contributed by atoms with E-state index in [1.165, 1.54) is 18.2 Å². The molecular formula is C20H15F3N2O4. The molecule has 29 heavy (non-hydrogen) atoms. The Bertz CT molecular complexity index is 1040. The van der Waals surface area contributed by atoms with E-state index in [2.05, 4.69) is 22.1 Å². The quantitative estimate of drug-likeness (QED) is 0.682. The Hall–Kier alpha value is -3.38. The number of alkyl halides is 3. The molecule has 0 radical (unpaired) electrons. The number of aromatic carboxylic acids is 1. The third kappa shape index (κ3) is 4.22. The first kappa shape index (κ1) is 20.4. The summed E-state index contributed by atoms with van der Waals surface area (Å²) in [5.41, 5.74) is -2.63. The normalized spacial score (nSPS) is 18.7. The maximum absolute atomic E-state index is 13.1. The van der Waals surface area contributed by atoms with E-state index in [4.69, 9.17) is 5.11 Å². The highest BCUT2D eigenvalue weighted by molar-refractivity contribution is 5.88. The van der Waals surface area contributed by atoms with Gasteiger partial charge in [-0.1, -0.05) is 24.0 Å². The second kappa shape index (κ2) is 7.56. The van der Waals surface area contributed by atoms with Gasteiger partial charge in [0, 0.05) is 17.7 Å². The zero-order chi connectivity index (χ0) is 21.2. The van der Waals surface area contributed by atoms with Crippen LogP contribution >= 0.6 is 0 Å². The molecule has 0 saturated carbocycles. The lowest BCUT2D eigenvalue weighted by atomic mass is 9.88. The molecule has 0 aliphatic carbocycles. The number of benzene rings is 1. The van der Waals surface area contributed by atoms with Crippen LogP contribution in [0.3, 0.4) is 0 Å². The van der Waals surface area contributed by atoms with Crippen LogP contribution in [0.2, 0.25) is 0 Å². The number of aliphatic hydroxyl groups is 1. The Labute approximate surface area is 163 Å². The molecule has 9 heteroatoms. The molecule has 2 heterocycles. The summed E-state index contributed by atoms with van der Waals surface area (Å²) in [6, 6.07) is 7.27. The van der Waals surface area contributed by atoms with Gasteiger partial charge in [0.2, 0.25) is 5.91 Å². The molecule has 1 amide bonds. The van der Waals surface area contributed by atoms with Crippen LogP contribution in [-0.2, 0) is 11.0 Å². The van der Waals surface area contributed by atoms with Crippen molar-refractivity contribution in [1.82, 2.24) is 10.3 Å². The average molecular weight is 404 g/mol. The fourth-order valence-electron chi connectivity index (χ4n) is 2.88. The summed E-state index contributed by atoms with van der Waals surface area (Å²) in [5.74, 6) is 3.55. The van der Waals surface area contributed by atoms with Gasteiger partial charge in [0.15, 0.2) is 0 Å². The van der Waals surface area contributed by atoms with Crippen LogP contribution in [0.25, 0.3) is 11.3 Å². The van der Waals surface area contributed by atoms with Crippen molar-refractivity contribution in [2.75, 3.05) is 13.2 Å². The summed E-state index contributed by atoms with van der Waals surface area (Å²) in [6.45, 7) is -0.0666. The number of carboxylic acids is 1. The van der Waals surface area contributed by atoms with Crippen molar-refractivity contribution in [2.24, 2.45) is 5.41 Å². The molecule has 1 fully saturated rings. The van der Waals surface area contributed by atoms with Gasteiger partial charge in [-0.15, -0.1) is 0 Å². The lowest BCUT2D eigenvalue weighted by Crippen LogP contribution is -2.33. The van der Waals surface area contributed by atoms with Gasteiger partial charge in [-0.2, -0.15) is 13.2 Å². The van der Waals surface area contributed by atoms with Crippen molar-refractivity contribution in [2.45, 2.75) is 12.6 Å². The summed E-state index contributed by atoms with van der Waals surface area (Å²) in [6.07, 6.45) is -4.39. The molecule has 1 aromatic heterocycles. The maximum atomic E-state index is 13.1. The van der Waals surface area contributed by atoms with Crippen molar-refractivity contribution in [3.8, 4) is 23.1 Å². The van der Waals surface area contributed by atoms with Crippen LogP contribution in [0.5, 0.6) is 0 Å². The van der Waals surface area contributed by atoms with E-state index in [1.807, 2.05) is 0 Å². The smallest absolute Gasteiger partial charge is 0.416 e. The van der Waals surface area contributed by atoms with Gasteiger partial charge in [-0.25, -0.2) is 9.78 Å². The number of rotatable bonds is 3. The summed E-state index contributed by atoms with van der Waals surface area (Å²) >= 11 is 0. The van der Waals surface area contributed by atoms with E-state index >= 15 is 0 Å². The minimum Gasteiger partial charge on any atom is -0.477 e. The SMILES string of the molecule is O=C(O)c1cc(C(F)(F)F)cc(-c2cccc(C#CC3(CO)CCNC3=O)c2)n1.